The van der Waals surface area contributed by atoms with E-state index in [9.17, 15) is 4.39 Å². The van der Waals surface area contributed by atoms with Gasteiger partial charge in [-0.3, -0.25) is 0 Å². The van der Waals surface area contributed by atoms with Crippen molar-refractivity contribution in [1.82, 2.24) is 0 Å². The van der Waals surface area contributed by atoms with E-state index in [2.05, 4.69) is 5.32 Å². The molecule has 16 heavy (non-hydrogen) atoms. The molecule has 0 amide bonds. The number of thioether (sulfide) groups is 1. The Labute approximate surface area is 109 Å². The summed E-state index contributed by atoms with van der Waals surface area (Å²) in [6, 6.07) is 2.96. The Kier molecular flexibility index (Phi) is 4.22. The van der Waals surface area contributed by atoms with Gasteiger partial charge in [-0.15, -0.1) is 0 Å². The van der Waals surface area contributed by atoms with Crippen molar-refractivity contribution in [3.8, 4) is 0 Å². The molecule has 1 aromatic carbocycles. The van der Waals surface area contributed by atoms with Gasteiger partial charge in [-0.25, -0.2) is 4.39 Å². The zero-order chi connectivity index (χ0) is 11.5. The van der Waals surface area contributed by atoms with Crippen LogP contribution in [-0.2, 0) is 0 Å². The van der Waals surface area contributed by atoms with Crippen LogP contribution in [0.1, 0.15) is 12.8 Å². The third-order valence-electron chi connectivity index (χ3n) is 2.58. The fourth-order valence-electron chi connectivity index (χ4n) is 1.73. The molecule has 5 heteroatoms. The average molecular weight is 280 g/mol. The Morgan fingerprint density at radius 2 is 1.75 bits per heavy atom. The third-order valence-corrected chi connectivity index (χ3v) is 4.22. The fourth-order valence-corrected chi connectivity index (χ4v) is 3.40. The smallest absolute Gasteiger partial charge is 0.126 e. The summed E-state index contributed by atoms with van der Waals surface area (Å²) >= 11 is 13.9. The minimum absolute atomic E-state index is 0.350. The third kappa shape index (κ3) is 2.96. The van der Waals surface area contributed by atoms with Crippen molar-refractivity contribution in [2.45, 2.75) is 18.9 Å². The largest absolute Gasteiger partial charge is 0.380 e. The van der Waals surface area contributed by atoms with Crippen molar-refractivity contribution in [3.63, 3.8) is 0 Å². The molecule has 88 valence electrons. The molecule has 1 aliphatic rings. The van der Waals surface area contributed by atoms with E-state index in [1.807, 2.05) is 11.8 Å². The number of hydrogen-bond donors (Lipinski definition) is 1. The first kappa shape index (κ1) is 12.3. The highest BCUT2D eigenvalue weighted by Crippen LogP contribution is 2.33. The normalized spacial score (nSPS) is 17.4. The predicted molar refractivity (Wildman–Crippen MR) is 70.4 cm³/mol. The molecule has 1 aliphatic heterocycles. The number of nitrogens with one attached hydrogen (secondary N) is 1. The first-order valence-electron chi connectivity index (χ1n) is 5.15. The molecule has 1 saturated heterocycles. The van der Waals surface area contributed by atoms with E-state index in [1.165, 1.54) is 12.1 Å². The molecule has 1 aromatic rings. The van der Waals surface area contributed by atoms with Crippen LogP contribution < -0.4 is 5.32 Å². The van der Waals surface area contributed by atoms with Crippen LogP contribution in [0.25, 0.3) is 0 Å². The lowest BCUT2D eigenvalue weighted by molar-refractivity contribution is 0.627. The van der Waals surface area contributed by atoms with E-state index >= 15 is 0 Å². The zero-order valence-corrected chi connectivity index (χ0v) is 10.9. The molecule has 1 N–H and O–H groups in total. The molecule has 0 atom stereocenters. The predicted octanol–water partition coefficient (Wildman–Crippen LogP) is 4.44. The van der Waals surface area contributed by atoms with Crippen molar-refractivity contribution in [2.24, 2.45) is 0 Å². The summed E-state index contributed by atoms with van der Waals surface area (Å²) in [4.78, 5) is 0. The lowest BCUT2D eigenvalue weighted by atomic mass is 10.1. The summed E-state index contributed by atoms with van der Waals surface area (Å²) in [5.74, 6) is 1.89. The van der Waals surface area contributed by atoms with Crippen molar-refractivity contribution in [2.75, 3.05) is 16.8 Å². The molecule has 0 spiro atoms. The van der Waals surface area contributed by atoms with E-state index in [-0.39, 0.29) is 0 Å². The van der Waals surface area contributed by atoms with Crippen LogP contribution in [0.5, 0.6) is 0 Å². The summed E-state index contributed by atoms with van der Waals surface area (Å²) in [7, 11) is 0. The Morgan fingerprint density at radius 3 is 2.31 bits per heavy atom. The number of benzene rings is 1. The van der Waals surface area contributed by atoms with Crippen molar-refractivity contribution in [3.05, 3.63) is 28.0 Å². The van der Waals surface area contributed by atoms with Crippen LogP contribution in [0.15, 0.2) is 12.1 Å². The van der Waals surface area contributed by atoms with Crippen molar-refractivity contribution in [1.29, 1.82) is 0 Å². The number of hydrogen-bond acceptors (Lipinski definition) is 2. The van der Waals surface area contributed by atoms with Crippen LogP contribution in [0, 0.1) is 5.82 Å². The topological polar surface area (TPSA) is 12.0 Å². The van der Waals surface area contributed by atoms with Crippen LogP contribution in [0.2, 0.25) is 10.0 Å². The summed E-state index contributed by atoms with van der Waals surface area (Å²) in [5.41, 5.74) is 0.654. The van der Waals surface area contributed by atoms with Crippen LogP contribution in [-0.4, -0.2) is 17.5 Å². The van der Waals surface area contributed by atoms with Gasteiger partial charge < -0.3 is 5.32 Å². The van der Waals surface area contributed by atoms with Gasteiger partial charge in [-0.1, -0.05) is 23.2 Å². The van der Waals surface area contributed by atoms with E-state index in [4.69, 9.17) is 23.2 Å². The maximum atomic E-state index is 13.0. The molecular weight excluding hydrogens is 268 g/mol. The first-order chi connectivity index (χ1) is 7.66. The molecule has 0 saturated carbocycles. The van der Waals surface area contributed by atoms with E-state index < -0.39 is 5.82 Å². The second-order valence-corrected chi connectivity index (χ2v) is 5.81. The Morgan fingerprint density at radius 1 is 1.19 bits per heavy atom. The summed E-state index contributed by atoms with van der Waals surface area (Å²) in [6.07, 6.45) is 2.18. The minimum Gasteiger partial charge on any atom is -0.380 e. The molecule has 0 radical (unpaired) electrons. The summed E-state index contributed by atoms with van der Waals surface area (Å²) in [5, 5.41) is 4.00. The Bertz CT molecular complexity index is 357. The van der Waals surface area contributed by atoms with Crippen LogP contribution >= 0.6 is 35.0 Å². The summed E-state index contributed by atoms with van der Waals surface area (Å²) in [6.45, 7) is 0. The van der Waals surface area contributed by atoms with Gasteiger partial charge in [0.1, 0.15) is 5.82 Å². The molecule has 0 aliphatic carbocycles. The second kappa shape index (κ2) is 5.48. The maximum absolute atomic E-state index is 13.0. The van der Waals surface area contributed by atoms with Gasteiger partial charge in [-0.2, -0.15) is 11.8 Å². The molecular formula is C11H12Cl2FNS. The molecule has 1 fully saturated rings. The van der Waals surface area contributed by atoms with Gasteiger partial charge in [-0.05, 0) is 36.5 Å². The minimum atomic E-state index is -0.403. The number of halogens is 3. The molecule has 0 aromatic heterocycles. The highest BCUT2D eigenvalue weighted by atomic mass is 35.5. The quantitative estimate of drug-likeness (QED) is 0.859. The molecule has 2 rings (SSSR count). The van der Waals surface area contributed by atoms with E-state index in [0.717, 1.165) is 24.3 Å². The van der Waals surface area contributed by atoms with Crippen LogP contribution in [0.3, 0.4) is 0 Å². The van der Waals surface area contributed by atoms with Gasteiger partial charge >= 0.3 is 0 Å². The lowest BCUT2D eigenvalue weighted by Crippen LogP contribution is -2.24. The monoisotopic (exact) mass is 279 g/mol. The van der Waals surface area contributed by atoms with Gasteiger partial charge in [0, 0.05) is 6.04 Å². The Balaban J connectivity index is 2.14. The fraction of sp³-hybridized carbons (Fsp3) is 0.455. The molecule has 0 unspecified atom stereocenters. The standard InChI is InChI=1S/C11H12Cl2FNS/c12-9-5-7(14)6-10(13)11(9)15-8-1-3-16-4-2-8/h5-6,8,15H,1-4H2. The van der Waals surface area contributed by atoms with Gasteiger partial charge in [0.05, 0.1) is 15.7 Å². The number of rotatable bonds is 2. The van der Waals surface area contributed by atoms with Gasteiger partial charge in [0.15, 0.2) is 0 Å². The molecule has 1 nitrogen and oxygen atoms in total. The Hall–Kier alpha value is -0.120. The average Bonchev–Trinajstić information content (AvgIpc) is 2.25. The van der Waals surface area contributed by atoms with Crippen molar-refractivity contribution >= 4 is 40.7 Å². The molecule has 1 heterocycles. The highest BCUT2D eigenvalue weighted by molar-refractivity contribution is 7.99. The van der Waals surface area contributed by atoms with E-state index in [1.54, 1.807) is 0 Å². The summed E-state index contributed by atoms with van der Waals surface area (Å²) < 4.78 is 13.0. The highest BCUT2D eigenvalue weighted by Gasteiger charge is 2.16. The van der Waals surface area contributed by atoms with Crippen LogP contribution in [0.4, 0.5) is 10.1 Å². The van der Waals surface area contributed by atoms with Gasteiger partial charge in [0.2, 0.25) is 0 Å². The number of anilines is 1. The van der Waals surface area contributed by atoms with E-state index in [0.29, 0.717) is 21.8 Å². The van der Waals surface area contributed by atoms with Crippen molar-refractivity contribution < 1.29 is 4.39 Å². The SMILES string of the molecule is Fc1cc(Cl)c(NC2CCSCC2)c(Cl)c1. The lowest BCUT2D eigenvalue weighted by Gasteiger charge is -2.24. The molecule has 0 bridgehead atoms. The maximum Gasteiger partial charge on any atom is 0.126 e. The zero-order valence-electron chi connectivity index (χ0n) is 8.60. The first-order valence-corrected chi connectivity index (χ1v) is 7.06. The second-order valence-electron chi connectivity index (χ2n) is 3.78. The van der Waals surface area contributed by atoms with Gasteiger partial charge in [0.25, 0.3) is 0 Å².